The monoisotopic (exact) mass is 377 g/mol. The van der Waals surface area contributed by atoms with Gasteiger partial charge in [-0.1, -0.05) is 30.3 Å². The Morgan fingerprint density at radius 1 is 1.11 bits per heavy atom. The van der Waals surface area contributed by atoms with Crippen molar-refractivity contribution in [2.75, 3.05) is 39.8 Å². The Morgan fingerprint density at radius 2 is 1.74 bits per heavy atom. The predicted molar refractivity (Wildman–Crippen MR) is 103 cm³/mol. The minimum atomic E-state index is -0.771. The topological polar surface area (TPSA) is 71.1 Å². The van der Waals surface area contributed by atoms with Gasteiger partial charge in [-0.3, -0.25) is 4.79 Å². The lowest BCUT2D eigenvalue weighted by Crippen LogP contribution is -2.56. The van der Waals surface area contributed by atoms with Crippen LogP contribution in [0.1, 0.15) is 26.3 Å². The average Bonchev–Trinajstić information content (AvgIpc) is 2.60. The van der Waals surface area contributed by atoms with Crippen LogP contribution in [0.5, 0.6) is 0 Å². The lowest BCUT2D eigenvalue weighted by Gasteiger charge is -2.34. The Bertz CT molecular complexity index is 607. The fourth-order valence-corrected chi connectivity index (χ4v) is 2.74. The maximum Gasteiger partial charge on any atom is 0.408 e. The average molecular weight is 377 g/mol. The third-order valence-electron chi connectivity index (χ3n) is 4.20. The molecule has 150 valence electrons. The van der Waals surface area contributed by atoms with Crippen molar-refractivity contribution in [3.05, 3.63) is 35.9 Å². The molecule has 1 aliphatic heterocycles. The Hall–Kier alpha value is -2.12. The number of carbonyl (C=O) groups is 2. The highest BCUT2D eigenvalue weighted by atomic mass is 16.6. The van der Waals surface area contributed by atoms with Gasteiger partial charge >= 0.3 is 6.09 Å². The van der Waals surface area contributed by atoms with Crippen molar-refractivity contribution in [1.82, 2.24) is 15.1 Å². The van der Waals surface area contributed by atoms with Gasteiger partial charge in [0.25, 0.3) is 0 Å². The molecule has 0 radical (unpaired) electrons. The summed E-state index contributed by atoms with van der Waals surface area (Å²) in [6.45, 7) is 8.75. The number of ether oxygens (including phenoxy) is 2. The van der Waals surface area contributed by atoms with Crippen LogP contribution in [0, 0.1) is 0 Å². The lowest BCUT2D eigenvalue weighted by molar-refractivity contribution is -0.136. The number of nitrogens with one attached hydrogen (secondary N) is 1. The second-order valence-electron chi connectivity index (χ2n) is 7.83. The van der Waals surface area contributed by atoms with Crippen molar-refractivity contribution >= 4 is 12.0 Å². The molecular formula is C20H31N3O4. The molecule has 2 amide bonds. The third kappa shape index (κ3) is 7.56. The summed E-state index contributed by atoms with van der Waals surface area (Å²) in [7, 11) is 2.03. The smallest absolute Gasteiger partial charge is 0.408 e. The van der Waals surface area contributed by atoms with Gasteiger partial charge in [-0.25, -0.2) is 4.79 Å². The van der Waals surface area contributed by atoms with Crippen LogP contribution in [0.2, 0.25) is 0 Å². The van der Waals surface area contributed by atoms with E-state index in [-0.39, 0.29) is 12.5 Å². The number of nitrogens with zero attached hydrogens (tertiary/aromatic N) is 2. The van der Waals surface area contributed by atoms with Crippen LogP contribution in [0.15, 0.2) is 30.3 Å². The highest BCUT2D eigenvalue weighted by Crippen LogP contribution is 2.09. The van der Waals surface area contributed by atoms with Gasteiger partial charge in [-0.15, -0.1) is 0 Å². The van der Waals surface area contributed by atoms with Crippen molar-refractivity contribution < 1.29 is 19.1 Å². The van der Waals surface area contributed by atoms with Gasteiger partial charge in [0.1, 0.15) is 11.6 Å². The van der Waals surface area contributed by atoms with Gasteiger partial charge in [-0.2, -0.15) is 0 Å². The fourth-order valence-electron chi connectivity index (χ4n) is 2.74. The second-order valence-corrected chi connectivity index (χ2v) is 7.83. The first kappa shape index (κ1) is 21.2. The summed E-state index contributed by atoms with van der Waals surface area (Å²) in [6.07, 6.45) is -0.613. The van der Waals surface area contributed by atoms with Gasteiger partial charge in [-0.05, 0) is 33.4 Å². The number of carbonyl (C=O) groups excluding carboxylic acids is 2. The molecule has 1 aromatic carbocycles. The minimum absolute atomic E-state index is 0.0965. The van der Waals surface area contributed by atoms with Crippen LogP contribution in [-0.4, -0.2) is 73.3 Å². The number of likely N-dealkylation sites (N-methyl/N-ethyl adjacent to an activating group) is 1. The predicted octanol–water partition coefficient (Wildman–Crippen LogP) is 1.87. The Labute approximate surface area is 161 Å². The molecule has 1 N–H and O–H groups in total. The Morgan fingerprint density at radius 3 is 2.33 bits per heavy atom. The third-order valence-corrected chi connectivity index (χ3v) is 4.20. The number of rotatable bonds is 6. The van der Waals surface area contributed by atoms with Crippen LogP contribution in [0.25, 0.3) is 0 Å². The summed E-state index contributed by atoms with van der Waals surface area (Å²) >= 11 is 0. The summed E-state index contributed by atoms with van der Waals surface area (Å²) in [6, 6.07) is 8.95. The highest BCUT2D eigenvalue weighted by molar-refractivity contribution is 5.86. The molecule has 7 nitrogen and oxygen atoms in total. The highest BCUT2D eigenvalue weighted by Gasteiger charge is 2.29. The minimum Gasteiger partial charge on any atom is -0.444 e. The largest absolute Gasteiger partial charge is 0.444 e. The SMILES string of the molecule is CN1CCN(C(=O)[C@@H](COCc2ccccc2)NC(=O)OC(C)(C)C)CC1. The Balaban J connectivity index is 1.96. The maximum atomic E-state index is 12.9. The zero-order valence-corrected chi connectivity index (χ0v) is 16.7. The van der Waals surface area contributed by atoms with Crippen LogP contribution in [-0.2, 0) is 20.9 Å². The summed E-state index contributed by atoms with van der Waals surface area (Å²) in [4.78, 5) is 29.0. The van der Waals surface area contributed by atoms with Gasteiger partial charge in [0, 0.05) is 26.2 Å². The van der Waals surface area contributed by atoms with Crippen molar-refractivity contribution in [1.29, 1.82) is 0 Å². The molecule has 0 aromatic heterocycles. The molecular weight excluding hydrogens is 346 g/mol. The van der Waals surface area contributed by atoms with Gasteiger partial charge in [0.2, 0.25) is 5.91 Å². The first-order chi connectivity index (χ1) is 12.7. The van der Waals surface area contributed by atoms with Gasteiger partial charge in [0.05, 0.1) is 13.2 Å². The van der Waals surface area contributed by atoms with Crippen LogP contribution in [0.3, 0.4) is 0 Å². The molecule has 0 aliphatic carbocycles. The molecule has 1 aliphatic rings. The standard InChI is InChI=1S/C20H31N3O4/c1-20(2,3)27-19(25)21-17(15-26-14-16-8-6-5-7-9-16)18(24)23-12-10-22(4)11-13-23/h5-9,17H,10-15H2,1-4H3,(H,21,25)/t17-/m1/s1. The van der Waals surface area contributed by atoms with Crippen LogP contribution < -0.4 is 5.32 Å². The zero-order valence-electron chi connectivity index (χ0n) is 16.7. The van der Waals surface area contributed by atoms with E-state index in [0.29, 0.717) is 19.7 Å². The molecule has 0 saturated carbocycles. The molecule has 1 fully saturated rings. The van der Waals surface area contributed by atoms with Crippen molar-refractivity contribution in [2.45, 2.75) is 39.0 Å². The quantitative estimate of drug-likeness (QED) is 0.820. The van der Waals surface area contributed by atoms with E-state index in [0.717, 1.165) is 18.7 Å². The number of hydrogen-bond acceptors (Lipinski definition) is 5. The lowest BCUT2D eigenvalue weighted by atomic mass is 10.2. The molecule has 27 heavy (non-hydrogen) atoms. The molecule has 0 bridgehead atoms. The van der Waals surface area contributed by atoms with E-state index in [9.17, 15) is 9.59 Å². The molecule has 0 unspecified atom stereocenters. The van der Waals surface area contributed by atoms with Crippen molar-refractivity contribution in [2.24, 2.45) is 0 Å². The van der Waals surface area contributed by atoms with E-state index < -0.39 is 17.7 Å². The van der Waals surface area contributed by atoms with Crippen LogP contribution >= 0.6 is 0 Å². The molecule has 7 heteroatoms. The van der Waals surface area contributed by atoms with Crippen LogP contribution in [0.4, 0.5) is 4.79 Å². The van der Waals surface area contributed by atoms with E-state index in [1.54, 1.807) is 25.7 Å². The number of benzene rings is 1. The second kappa shape index (κ2) is 9.71. The molecule has 1 atom stereocenters. The zero-order chi connectivity index (χ0) is 19.9. The van der Waals surface area contributed by atoms with E-state index in [1.165, 1.54) is 0 Å². The fraction of sp³-hybridized carbons (Fsp3) is 0.600. The summed E-state index contributed by atoms with van der Waals surface area (Å²) < 4.78 is 11.0. The maximum absolute atomic E-state index is 12.9. The Kier molecular flexibility index (Phi) is 7.62. The van der Waals surface area contributed by atoms with Crippen molar-refractivity contribution in [3.8, 4) is 0 Å². The number of amides is 2. The van der Waals surface area contributed by atoms with E-state index in [4.69, 9.17) is 9.47 Å². The number of alkyl carbamates (subject to hydrolysis) is 1. The molecule has 2 rings (SSSR count). The number of piperazine rings is 1. The first-order valence-electron chi connectivity index (χ1n) is 9.33. The van der Waals surface area contributed by atoms with E-state index in [2.05, 4.69) is 10.2 Å². The molecule has 1 aromatic rings. The van der Waals surface area contributed by atoms with Gasteiger partial charge in [0.15, 0.2) is 0 Å². The van der Waals surface area contributed by atoms with E-state index >= 15 is 0 Å². The van der Waals surface area contributed by atoms with E-state index in [1.807, 2.05) is 37.4 Å². The summed E-state index contributed by atoms with van der Waals surface area (Å²) in [5.74, 6) is -0.137. The summed E-state index contributed by atoms with van der Waals surface area (Å²) in [5.41, 5.74) is 0.386. The molecule has 0 spiro atoms. The normalized spacial score (nSPS) is 16.7. The number of hydrogen-bond donors (Lipinski definition) is 1. The molecule has 1 heterocycles. The van der Waals surface area contributed by atoms with Gasteiger partial charge < -0.3 is 24.6 Å². The molecule has 1 saturated heterocycles. The summed E-state index contributed by atoms with van der Waals surface area (Å²) in [5, 5.41) is 2.68. The first-order valence-corrected chi connectivity index (χ1v) is 9.33. The van der Waals surface area contributed by atoms with Crippen molar-refractivity contribution in [3.63, 3.8) is 0 Å².